The van der Waals surface area contributed by atoms with Gasteiger partial charge in [0.05, 0.1) is 0 Å². The van der Waals surface area contributed by atoms with Gasteiger partial charge in [0.25, 0.3) is 0 Å². The molecule has 4 heteroatoms. The molecule has 0 heterocycles. The lowest BCUT2D eigenvalue weighted by atomic mass is 10.0. The minimum atomic E-state index is -0.328. The van der Waals surface area contributed by atoms with Crippen molar-refractivity contribution in [3.63, 3.8) is 0 Å². The van der Waals surface area contributed by atoms with Crippen molar-refractivity contribution in [1.82, 2.24) is 0 Å². The van der Waals surface area contributed by atoms with Crippen molar-refractivity contribution in [2.24, 2.45) is 0 Å². The SMILES string of the molecule is CC.CC(=O)OC(C)(C)C.CC(=O)OCc1ccccc1.CC(C)c1ccccc1. The standard InChI is InChI=1S/C9H10O2.C9H12.C6H12O2.C2H6/c1-8(10)11-7-9-5-3-2-4-6-9;1-8(2)9-6-4-3-5-7-9;1-5(7)8-6(2,3)4;1-2/h2-6H,7H2,1H3;3-8H,1-2H3;1-4H3;1-2H3. The number of ether oxygens (including phenoxy) is 2. The molecule has 0 spiro atoms. The normalized spacial score (nSPS) is 9.53. The third-order valence-corrected chi connectivity index (χ3v) is 3.20. The molecule has 0 atom stereocenters. The Morgan fingerprint density at radius 1 is 0.800 bits per heavy atom. The Bertz CT molecular complexity index is 671. The second-order valence-corrected chi connectivity index (χ2v) is 7.54. The summed E-state index contributed by atoms with van der Waals surface area (Å²) in [6, 6.07) is 20.1. The van der Waals surface area contributed by atoms with Gasteiger partial charge in [-0.25, -0.2) is 0 Å². The smallest absolute Gasteiger partial charge is 0.303 e. The molecule has 2 aromatic rings. The van der Waals surface area contributed by atoms with Crippen LogP contribution >= 0.6 is 0 Å². The van der Waals surface area contributed by atoms with E-state index in [9.17, 15) is 9.59 Å². The van der Waals surface area contributed by atoms with Crippen molar-refractivity contribution in [2.75, 3.05) is 0 Å². The predicted octanol–water partition coefficient (Wildman–Crippen LogP) is 6.93. The Kier molecular flexibility index (Phi) is 17.0. The topological polar surface area (TPSA) is 52.6 Å². The highest BCUT2D eigenvalue weighted by Crippen LogP contribution is 2.11. The van der Waals surface area contributed by atoms with E-state index in [0.717, 1.165) is 5.56 Å². The molecule has 168 valence electrons. The first-order chi connectivity index (χ1) is 14.0. The van der Waals surface area contributed by atoms with Gasteiger partial charge in [-0.2, -0.15) is 0 Å². The zero-order valence-corrected chi connectivity index (χ0v) is 20.2. The van der Waals surface area contributed by atoms with Gasteiger partial charge in [0.2, 0.25) is 0 Å². The molecule has 2 rings (SSSR count). The second kappa shape index (κ2) is 17.3. The Morgan fingerprint density at radius 3 is 1.50 bits per heavy atom. The zero-order chi connectivity index (χ0) is 23.6. The van der Waals surface area contributed by atoms with E-state index in [-0.39, 0.29) is 17.5 Å². The highest BCUT2D eigenvalue weighted by molar-refractivity contribution is 5.66. The quantitative estimate of drug-likeness (QED) is 0.509. The van der Waals surface area contributed by atoms with Gasteiger partial charge in [0.1, 0.15) is 12.2 Å². The molecule has 0 aliphatic heterocycles. The summed E-state index contributed by atoms with van der Waals surface area (Å²) in [6.07, 6.45) is 0. The maximum atomic E-state index is 10.4. The van der Waals surface area contributed by atoms with Crippen molar-refractivity contribution < 1.29 is 19.1 Å². The van der Waals surface area contributed by atoms with Crippen LogP contribution < -0.4 is 0 Å². The van der Waals surface area contributed by atoms with Gasteiger partial charge >= 0.3 is 11.9 Å². The zero-order valence-electron chi connectivity index (χ0n) is 20.2. The van der Waals surface area contributed by atoms with E-state index in [1.807, 2.05) is 71.0 Å². The van der Waals surface area contributed by atoms with Gasteiger partial charge in [-0.3, -0.25) is 9.59 Å². The molecule has 2 aromatic carbocycles. The highest BCUT2D eigenvalue weighted by Gasteiger charge is 2.11. The summed E-state index contributed by atoms with van der Waals surface area (Å²) in [5, 5.41) is 0. The predicted molar refractivity (Wildman–Crippen MR) is 125 cm³/mol. The van der Waals surface area contributed by atoms with Gasteiger partial charge < -0.3 is 9.47 Å². The molecule has 0 bridgehead atoms. The van der Waals surface area contributed by atoms with Crippen LogP contribution in [-0.4, -0.2) is 17.5 Å². The van der Waals surface area contributed by atoms with Crippen molar-refractivity contribution >= 4 is 11.9 Å². The second-order valence-electron chi connectivity index (χ2n) is 7.54. The lowest BCUT2D eigenvalue weighted by Crippen LogP contribution is -2.21. The van der Waals surface area contributed by atoms with Crippen LogP contribution in [0.1, 0.15) is 79.4 Å². The van der Waals surface area contributed by atoms with Crippen LogP contribution in [0, 0.1) is 0 Å². The van der Waals surface area contributed by atoms with Crippen molar-refractivity contribution in [1.29, 1.82) is 0 Å². The molecule has 0 saturated heterocycles. The molecule has 0 radical (unpaired) electrons. The summed E-state index contributed by atoms with van der Waals surface area (Å²) in [7, 11) is 0. The molecule has 0 unspecified atom stereocenters. The lowest BCUT2D eigenvalue weighted by molar-refractivity contribution is -0.152. The number of esters is 2. The highest BCUT2D eigenvalue weighted by atomic mass is 16.6. The monoisotopic (exact) mass is 416 g/mol. The van der Waals surface area contributed by atoms with Crippen LogP contribution in [0.15, 0.2) is 60.7 Å². The van der Waals surface area contributed by atoms with Gasteiger partial charge in [0, 0.05) is 13.8 Å². The van der Waals surface area contributed by atoms with Crippen molar-refractivity contribution in [2.45, 2.75) is 80.4 Å². The molecular formula is C26H40O4. The molecule has 0 fully saturated rings. The molecule has 0 aromatic heterocycles. The molecule has 0 amide bonds. The molecule has 4 nitrogen and oxygen atoms in total. The fourth-order valence-corrected chi connectivity index (χ4v) is 2.03. The van der Waals surface area contributed by atoms with Gasteiger partial charge in [0.15, 0.2) is 0 Å². The molecule has 0 aliphatic rings. The Labute approximate surface area is 183 Å². The van der Waals surface area contributed by atoms with E-state index in [0.29, 0.717) is 12.5 Å². The number of carbonyl (C=O) groups excluding carboxylic acids is 2. The average Bonchev–Trinajstić information content (AvgIpc) is 2.68. The van der Waals surface area contributed by atoms with Crippen LogP contribution in [0.5, 0.6) is 0 Å². The Hall–Kier alpha value is -2.62. The summed E-state index contributed by atoms with van der Waals surface area (Å²) in [5.41, 5.74) is 2.10. The van der Waals surface area contributed by atoms with E-state index in [4.69, 9.17) is 9.47 Å². The van der Waals surface area contributed by atoms with Gasteiger partial charge in [-0.15, -0.1) is 0 Å². The molecular weight excluding hydrogens is 376 g/mol. The maximum Gasteiger partial charge on any atom is 0.303 e. The first-order valence-corrected chi connectivity index (χ1v) is 10.4. The number of carbonyl (C=O) groups is 2. The van der Waals surface area contributed by atoms with E-state index >= 15 is 0 Å². The van der Waals surface area contributed by atoms with Crippen LogP contribution in [0.2, 0.25) is 0 Å². The lowest BCUT2D eigenvalue weighted by Gasteiger charge is -2.17. The third kappa shape index (κ3) is 20.1. The van der Waals surface area contributed by atoms with Crippen LogP contribution in [0.4, 0.5) is 0 Å². The van der Waals surface area contributed by atoms with E-state index in [1.54, 1.807) is 0 Å². The number of hydrogen-bond donors (Lipinski definition) is 0. The summed E-state index contributed by atoms with van der Waals surface area (Å²) >= 11 is 0. The maximum absolute atomic E-state index is 10.4. The molecule has 0 aliphatic carbocycles. The summed E-state index contributed by atoms with van der Waals surface area (Å²) in [6.45, 7) is 17.1. The number of rotatable bonds is 3. The van der Waals surface area contributed by atoms with Crippen LogP contribution in [0.25, 0.3) is 0 Å². The number of benzene rings is 2. The fraction of sp³-hybridized carbons (Fsp3) is 0.462. The largest absolute Gasteiger partial charge is 0.461 e. The van der Waals surface area contributed by atoms with Gasteiger partial charge in [-0.05, 0) is 37.8 Å². The van der Waals surface area contributed by atoms with Gasteiger partial charge in [-0.1, -0.05) is 88.4 Å². The van der Waals surface area contributed by atoms with E-state index < -0.39 is 0 Å². The first-order valence-electron chi connectivity index (χ1n) is 10.4. The third-order valence-electron chi connectivity index (χ3n) is 3.20. The molecule has 30 heavy (non-hydrogen) atoms. The average molecular weight is 417 g/mol. The van der Waals surface area contributed by atoms with Crippen LogP contribution in [-0.2, 0) is 25.7 Å². The number of hydrogen-bond acceptors (Lipinski definition) is 4. The summed E-state index contributed by atoms with van der Waals surface area (Å²) < 4.78 is 9.59. The van der Waals surface area contributed by atoms with E-state index in [2.05, 4.69) is 38.1 Å². The summed E-state index contributed by atoms with van der Waals surface area (Å²) in [4.78, 5) is 20.6. The summed E-state index contributed by atoms with van der Waals surface area (Å²) in [5.74, 6) is 0.192. The fourth-order valence-electron chi connectivity index (χ4n) is 2.03. The molecule has 0 saturated carbocycles. The van der Waals surface area contributed by atoms with Crippen molar-refractivity contribution in [3.8, 4) is 0 Å². The van der Waals surface area contributed by atoms with Crippen molar-refractivity contribution in [3.05, 3.63) is 71.8 Å². The first kappa shape index (κ1) is 29.6. The van der Waals surface area contributed by atoms with E-state index in [1.165, 1.54) is 19.4 Å². The molecule has 0 N–H and O–H groups in total. The van der Waals surface area contributed by atoms with Crippen LogP contribution in [0.3, 0.4) is 0 Å². The Balaban J connectivity index is 0. The minimum Gasteiger partial charge on any atom is -0.461 e. The Morgan fingerprint density at radius 2 is 1.23 bits per heavy atom. The minimum absolute atomic E-state index is 0.225.